The Bertz CT molecular complexity index is 511. The normalized spacial score (nSPS) is 11.3. The highest BCUT2D eigenvalue weighted by Crippen LogP contribution is 2.11. The fraction of sp³-hybridized carbons (Fsp3) is 0.714. The molecule has 1 atom stereocenters. The second-order valence-electron chi connectivity index (χ2n) is 4.96. The Labute approximate surface area is 158 Å². The van der Waals surface area contributed by atoms with E-state index in [-0.39, 0.29) is 25.8 Å². The Morgan fingerprint density at radius 2 is 1.64 bits per heavy atom. The lowest BCUT2D eigenvalue weighted by Crippen LogP contribution is -2.78. The predicted octanol–water partition coefficient (Wildman–Crippen LogP) is -2.99. The number of carbonyl (C=O) groups is 3. The highest BCUT2D eigenvalue weighted by Gasteiger charge is 2.28. The van der Waals surface area contributed by atoms with Gasteiger partial charge in [0.15, 0.2) is 0 Å². The first-order chi connectivity index (χ1) is 12.9. The zero-order chi connectivity index (χ0) is 22.2. The first kappa shape index (κ1) is 27.4. The van der Waals surface area contributed by atoms with E-state index in [1.54, 1.807) is 0 Å². The van der Waals surface area contributed by atoms with Crippen molar-refractivity contribution in [3.63, 3.8) is 0 Å². The zero-order valence-electron chi connectivity index (χ0n) is 15.4. The molecule has 0 aromatic heterocycles. The fourth-order valence-corrected chi connectivity index (χ4v) is 1.36. The number of hydrogen-bond donors (Lipinski definition) is 3. The maximum Gasteiger partial charge on any atom is 0.508 e. The first-order valence-electron chi connectivity index (χ1n) is 7.71. The van der Waals surface area contributed by atoms with Gasteiger partial charge in [0.1, 0.15) is 18.5 Å². The second kappa shape index (κ2) is 15.3. The van der Waals surface area contributed by atoms with Crippen LogP contribution in [0.1, 0.15) is 12.8 Å². The van der Waals surface area contributed by atoms with Crippen LogP contribution in [0.2, 0.25) is 0 Å². The molecule has 0 amide bonds. The molecule has 0 spiro atoms. The molecule has 1 unspecified atom stereocenters. The summed E-state index contributed by atoms with van der Waals surface area (Å²) in [6.45, 7) is 0.798. The number of halogens is 3. The van der Waals surface area contributed by atoms with Gasteiger partial charge in [-0.1, -0.05) is 0 Å². The largest absolute Gasteiger partial charge is 0.542 e. The van der Waals surface area contributed by atoms with Gasteiger partial charge < -0.3 is 28.8 Å². The number of nitrogens with two attached hydrogens (primary N) is 2. The van der Waals surface area contributed by atoms with Crippen LogP contribution in [0.25, 0.3) is 0 Å². The Morgan fingerprint density at radius 1 is 1.07 bits per heavy atom. The molecule has 0 bridgehead atoms. The minimum atomic E-state index is -5.19. The summed E-state index contributed by atoms with van der Waals surface area (Å²) < 4.78 is 50.6. The molecular weight excluding hydrogens is 395 g/mol. The van der Waals surface area contributed by atoms with Gasteiger partial charge in [-0.25, -0.2) is 4.79 Å². The van der Waals surface area contributed by atoms with E-state index in [1.165, 1.54) is 14.2 Å². The van der Waals surface area contributed by atoms with Crippen LogP contribution in [-0.2, 0) is 28.5 Å². The third-order valence-electron chi connectivity index (χ3n) is 2.65. The highest BCUT2D eigenvalue weighted by molar-refractivity contribution is 5.73. The summed E-state index contributed by atoms with van der Waals surface area (Å²) in [7, 11) is 2.63. The summed E-state index contributed by atoms with van der Waals surface area (Å²) >= 11 is 0. The van der Waals surface area contributed by atoms with Crippen molar-refractivity contribution in [2.75, 3.05) is 40.6 Å². The first-order valence-corrected chi connectivity index (χ1v) is 7.71. The average molecular weight is 419 g/mol. The van der Waals surface area contributed by atoms with Crippen LogP contribution in [-0.4, -0.2) is 70.8 Å². The number of hydrogen-bond acceptors (Lipinski definition) is 8. The van der Waals surface area contributed by atoms with Crippen LogP contribution in [0, 0.1) is 5.92 Å². The van der Waals surface area contributed by atoms with Crippen molar-refractivity contribution >= 4 is 24.1 Å². The highest BCUT2D eigenvalue weighted by atomic mass is 19.4. The van der Waals surface area contributed by atoms with Crippen molar-refractivity contribution in [3.05, 3.63) is 0 Å². The van der Waals surface area contributed by atoms with E-state index in [1.807, 2.05) is 0 Å². The Balaban J connectivity index is 0. The molecular formula is C14H24F3N3O8. The topological polar surface area (TPSA) is 177 Å². The lowest BCUT2D eigenvalue weighted by Gasteiger charge is -2.14. The van der Waals surface area contributed by atoms with Gasteiger partial charge in [-0.3, -0.25) is 21.3 Å². The maximum atomic E-state index is 11.8. The van der Waals surface area contributed by atoms with Gasteiger partial charge >= 0.3 is 24.3 Å². The molecule has 0 rings (SSSR count). The number of rotatable bonds is 10. The Hall–Kier alpha value is -2.77. The standard InChI is InChI=1S/C12H23N3O6.C2HF3O2/c1-18-7-9(8-21-12(17)19-2)10(16)20-6-4-3-5-15-11(13)14;3-2(4,5)1(6)7/h9H,3-8H2,1-2H3,(H4,13,14,15);(H,6,7). The predicted molar refractivity (Wildman–Crippen MR) is 84.2 cm³/mol. The summed E-state index contributed by atoms with van der Waals surface area (Å²) in [5.41, 5.74) is 10.5. The van der Waals surface area contributed by atoms with E-state index in [0.717, 1.165) is 6.42 Å². The van der Waals surface area contributed by atoms with Crippen LogP contribution in [0.3, 0.4) is 0 Å². The quantitative estimate of drug-likeness (QED) is 0.143. The second-order valence-corrected chi connectivity index (χ2v) is 4.96. The summed E-state index contributed by atoms with van der Waals surface area (Å²) in [6.07, 6.45) is -4.65. The molecule has 28 heavy (non-hydrogen) atoms. The van der Waals surface area contributed by atoms with E-state index in [0.29, 0.717) is 13.0 Å². The number of ether oxygens (including phenoxy) is 4. The Morgan fingerprint density at radius 3 is 2.07 bits per heavy atom. The molecule has 164 valence electrons. The average Bonchev–Trinajstić information content (AvgIpc) is 2.60. The van der Waals surface area contributed by atoms with Crippen molar-refractivity contribution in [1.29, 1.82) is 0 Å². The van der Waals surface area contributed by atoms with Gasteiger partial charge in [0.05, 0.1) is 26.9 Å². The lowest BCUT2D eigenvalue weighted by molar-refractivity contribution is -0.459. The molecule has 0 aliphatic carbocycles. The van der Waals surface area contributed by atoms with E-state index in [4.69, 9.17) is 35.6 Å². The van der Waals surface area contributed by atoms with Crippen molar-refractivity contribution in [3.8, 4) is 0 Å². The van der Waals surface area contributed by atoms with Crippen LogP contribution < -0.4 is 21.6 Å². The number of nitrogens with one attached hydrogen (secondary N) is 1. The van der Waals surface area contributed by atoms with Crippen LogP contribution in [0.15, 0.2) is 0 Å². The number of aliphatic carboxylic acids is 1. The number of alkyl halides is 3. The summed E-state index contributed by atoms with van der Waals surface area (Å²) in [5, 5.41) is 8.78. The summed E-state index contributed by atoms with van der Waals surface area (Å²) in [4.78, 5) is 34.2. The van der Waals surface area contributed by atoms with Crippen molar-refractivity contribution in [2.24, 2.45) is 17.4 Å². The van der Waals surface area contributed by atoms with E-state index in [9.17, 15) is 22.8 Å². The number of guanidine groups is 1. The summed E-state index contributed by atoms with van der Waals surface area (Å²) in [6, 6.07) is 0. The van der Waals surface area contributed by atoms with Crippen molar-refractivity contribution in [2.45, 2.75) is 19.0 Å². The van der Waals surface area contributed by atoms with E-state index in [2.05, 4.69) is 9.73 Å². The van der Waals surface area contributed by atoms with E-state index >= 15 is 0 Å². The molecule has 0 aliphatic rings. The molecule has 0 saturated heterocycles. The van der Waals surface area contributed by atoms with Crippen LogP contribution >= 0.6 is 0 Å². The lowest BCUT2D eigenvalue weighted by atomic mass is 10.2. The van der Waals surface area contributed by atoms with Gasteiger partial charge in [-0.05, 0) is 12.8 Å². The number of esters is 1. The maximum absolute atomic E-state index is 11.8. The number of carboxylic acid groups (broad SMARTS) is 1. The third kappa shape index (κ3) is 16.7. The molecule has 0 heterocycles. The molecule has 14 heteroatoms. The number of unbranched alkanes of at least 4 members (excludes halogenated alkanes) is 1. The van der Waals surface area contributed by atoms with Gasteiger partial charge in [0.25, 0.3) is 0 Å². The SMILES string of the molecule is COCC(COC(=O)OC)C(=O)OCCCC[NH+]=C(N)N.O=C([O-])C(F)(F)F. The number of methoxy groups -OCH3 is 2. The molecule has 0 aliphatic heterocycles. The molecule has 0 saturated carbocycles. The Kier molecular flexibility index (Phi) is 15.0. The zero-order valence-corrected chi connectivity index (χ0v) is 15.4. The summed E-state index contributed by atoms with van der Waals surface area (Å²) in [5.74, 6) is -4.02. The molecule has 5 N–H and O–H groups in total. The molecule has 0 radical (unpaired) electrons. The van der Waals surface area contributed by atoms with Crippen LogP contribution in [0.4, 0.5) is 18.0 Å². The van der Waals surface area contributed by atoms with Gasteiger partial charge in [0.2, 0.25) is 0 Å². The van der Waals surface area contributed by atoms with Gasteiger partial charge in [-0.15, -0.1) is 0 Å². The molecule has 0 aromatic carbocycles. The van der Waals surface area contributed by atoms with Gasteiger partial charge in [0, 0.05) is 7.11 Å². The molecule has 11 nitrogen and oxygen atoms in total. The number of carboxylic acids is 1. The third-order valence-corrected chi connectivity index (χ3v) is 2.65. The molecule has 0 aromatic rings. The molecule has 0 fully saturated rings. The van der Waals surface area contributed by atoms with Gasteiger partial charge in [-0.2, -0.15) is 13.2 Å². The smallest absolute Gasteiger partial charge is 0.508 e. The fourth-order valence-electron chi connectivity index (χ4n) is 1.36. The number of carbonyl (C=O) groups excluding carboxylic acids is 3. The van der Waals surface area contributed by atoms with Crippen LogP contribution in [0.5, 0.6) is 0 Å². The van der Waals surface area contributed by atoms with E-state index < -0.39 is 30.2 Å². The van der Waals surface area contributed by atoms with Crippen molar-refractivity contribution < 1.29 is 56.6 Å². The minimum Gasteiger partial charge on any atom is -0.542 e. The minimum absolute atomic E-state index is 0.0933. The van der Waals surface area contributed by atoms with Crippen molar-refractivity contribution in [1.82, 2.24) is 0 Å². The monoisotopic (exact) mass is 419 g/mol.